The normalized spacial score (nSPS) is 30.8. The standard InChI is InChI=1S/C47H56ClN5O7S2/c1-29-26-62(56,51-45(55)38-23-52(2)49-46(38)58-4)50-44(54)31-13-17-41-40(20-31)53(27-47(28-60-41)18-8-9-30-19-34(48)14-16-39(30)47)22-32-12-15-36(32)42(57-3)21-37-33(24-59-43(29)37)25-61-35-10-6-5-7-11-35/h5-7,10-11,13-14,16-17,19-20,23,29,32-33,36-37,42-43H,8-9,12,15,18,21-22,24-28H2,1-4H3,(H,50,51,54,55,56)/t29-,32+,33?,36-,37+,42+,43-,47+,62?/m1/s1. The molecule has 330 valence electrons. The molecular formula is C47H56ClN5O7S2. The van der Waals surface area contributed by atoms with Crippen molar-refractivity contribution in [1.82, 2.24) is 14.5 Å². The van der Waals surface area contributed by atoms with Crippen molar-refractivity contribution in [3.8, 4) is 11.6 Å². The number of anilines is 1. The van der Waals surface area contributed by atoms with Crippen LogP contribution in [0.15, 0.2) is 82.2 Å². The molecule has 1 saturated carbocycles. The van der Waals surface area contributed by atoms with Crippen LogP contribution in [-0.4, -0.2) is 90.0 Å². The summed E-state index contributed by atoms with van der Waals surface area (Å²) in [5, 5.41) is 4.96. The summed E-state index contributed by atoms with van der Waals surface area (Å²) in [4.78, 5) is 32.1. The molecule has 2 unspecified atom stereocenters. The smallest absolute Gasteiger partial charge is 0.286 e. The van der Waals surface area contributed by atoms with E-state index >= 15 is 4.21 Å². The number of halogens is 1. The Morgan fingerprint density at radius 2 is 1.94 bits per heavy atom. The average molecular weight is 903 g/mol. The Balaban J connectivity index is 1.13. The lowest BCUT2D eigenvalue weighted by Crippen LogP contribution is -2.50. The van der Waals surface area contributed by atoms with Crippen LogP contribution in [0.1, 0.15) is 70.9 Å². The van der Waals surface area contributed by atoms with Crippen molar-refractivity contribution in [3.63, 3.8) is 0 Å². The monoisotopic (exact) mass is 901 g/mol. The summed E-state index contributed by atoms with van der Waals surface area (Å²) in [7, 11) is 1.16. The molecule has 2 bridgehead atoms. The fourth-order valence-electron chi connectivity index (χ4n) is 10.8. The number of nitrogens with zero attached hydrogens (tertiary/aromatic N) is 4. The molecule has 15 heteroatoms. The van der Waals surface area contributed by atoms with Crippen molar-refractivity contribution in [2.75, 3.05) is 56.9 Å². The molecule has 12 nitrogen and oxygen atoms in total. The first-order valence-electron chi connectivity index (χ1n) is 21.8. The Morgan fingerprint density at radius 3 is 2.71 bits per heavy atom. The SMILES string of the molecule is COc1nn(C)cc1C(=O)NS1(=O)=NC(=O)c2ccc3c(c2)N(C[C@@H]2CC[C@H]2[C@@H](OC)C[C@H]2C(CSc4ccccc4)CO[C@@H]2[C@H](C)C1)C[C@@]1(CCCc2cc(Cl)ccc21)CO3. The zero-order valence-electron chi connectivity index (χ0n) is 35.8. The number of benzene rings is 3. The van der Waals surface area contributed by atoms with Gasteiger partial charge in [-0.2, -0.15) is 0 Å². The number of thioether (sulfide) groups is 1. The lowest BCUT2D eigenvalue weighted by Gasteiger charge is -2.47. The summed E-state index contributed by atoms with van der Waals surface area (Å²) in [6, 6.07) is 22.0. The molecule has 2 fully saturated rings. The maximum Gasteiger partial charge on any atom is 0.286 e. The van der Waals surface area contributed by atoms with Crippen molar-refractivity contribution < 1.29 is 32.7 Å². The number of carbonyl (C=O) groups excluding carboxylic acids is 2. The van der Waals surface area contributed by atoms with E-state index in [1.165, 1.54) is 34.0 Å². The first kappa shape index (κ1) is 43.2. The number of aryl methyl sites for hydroxylation is 2. The number of ether oxygens (including phenoxy) is 4. The van der Waals surface area contributed by atoms with E-state index in [0.717, 1.165) is 61.5 Å². The van der Waals surface area contributed by atoms with Crippen LogP contribution in [0.5, 0.6) is 11.6 Å². The predicted octanol–water partition coefficient (Wildman–Crippen LogP) is 8.01. The van der Waals surface area contributed by atoms with Crippen molar-refractivity contribution in [3.05, 3.63) is 100 Å². The predicted molar refractivity (Wildman–Crippen MR) is 242 cm³/mol. The van der Waals surface area contributed by atoms with Crippen LogP contribution in [-0.2, 0) is 38.3 Å². The molecule has 3 aromatic carbocycles. The van der Waals surface area contributed by atoms with Gasteiger partial charge < -0.3 is 23.8 Å². The van der Waals surface area contributed by atoms with Gasteiger partial charge in [-0.05, 0) is 122 Å². The molecule has 1 spiro atoms. The van der Waals surface area contributed by atoms with E-state index in [-0.39, 0.29) is 58.1 Å². The van der Waals surface area contributed by atoms with Crippen LogP contribution in [0.2, 0.25) is 5.02 Å². The molecule has 4 aromatic rings. The third-order valence-corrected chi connectivity index (χ3v) is 17.4. The molecule has 0 radical (unpaired) electrons. The fraction of sp³-hybridized carbons (Fsp3) is 0.511. The van der Waals surface area contributed by atoms with Gasteiger partial charge >= 0.3 is 0 Å². The quantitative estimate of drug-likeness (QED) is 0.182. The number of methoxy groups -OCH3 is 2. The lowest BCUT2D eigenvalue weighted by molar-refractivity contribution is -0.0419. The number of rotatable bonds is 7. The van der Waals surface area contributed by atoms with Crippen LogP contribution >= 0.6 is 23.4 Å². The highest BCUT2D eigenvalue weighted by Gasteiger charge is 2.48. The third-order valence-electron chi connectivity index (χ3n) is 14.0. The molecule has 5 aliphatic rings. The highest BCUT2D eigenvalue weighted by molar-refractivity contribution is 7.99. The molecule has 62 heavy (non-hydrogen) atoms. The summed E-state index contributed by atoms with van der Waals surface area (Å²) in [5.41, 5.74) is 3.38. The van der Waals surface area contributed by atoms with Crippen molar-refractivity contribution in [2.24, 2.45) is 41.0 Å². The Morgan fingerprint density at radius 1 is 1.10 bits per heavy atom. The largest absolute Gasteiger partial charge is 0.490 e. The molecule has 1 N–H and O–H groups in total. The van der Waals surface area contributed by atoms with Crippen molar-refractivity contribution in [1.29, 1.82) is 0 Å². The van der Waals surface area contributed by atoms with E-state index in [2.05, 4.69) is 55.5 Å². The molecule has 2 aliphatic carbocycles. The van der Waals surface area contributed by atoms with Crippen LogP contribution in [0.25, 0.3) is 0 Å². The minimum absolute atomic E-state index is 0.0267. The fourth-order valence-corrected chi connectivity index (χ4v) is 14.0. The summed E-state index contributed by atoms with van der Waals surface area (Å²) >= 11 is 8.36. The van der Waals surface area contributed by atoms with E-state index in [1.807, 2.05) is 50.1 Å². The lowest BCUT2D eigenvalue weighted by atomic mass is 9.66. The van der Waals surface area contributed by atoms with Gasteiger partial charge in [0, 0.05) is 60.1 Å². The van der Waals surface area contributed by atoms with Crippen molar-refractivity contribution >= 4 is 50.8 Å². The van der Waals surface area contributed by atoms with Gasteiger partial charge in [0.15, 0.2) is 0 Å². The van der Waals surface area contributed by atoms with Gasteiger partial charge in [-0.25, -0.2) is 4.21 Å². The molecule has 9 atom stereocenters. The molecule has 4 heterocycles. The number of fused-ring (bicyclic) bond motifs is 5. The van der Waals surface area contributed by atoms with Gasteiger partial charge in [-0.1, -0.05) is 42.8 Å². The molecule has 1 saturated heterocycles. The minimum atomic E-state index is -3.76. The summed E-state index contributed by atoms with van der Waals surface area (Å²) < 4.78 is 49.2. The summed E-state index contributed by atoms with van der Waals surface area (Å²) in [6.07, 6.45) is 6.98. The topological polar surface area (TPSA) is 134 Å². The molecule has 1 aromatic heterocycles. The second-order valence-corrected chi connectivity index (χ2v) is 21.5. The third kappa shape index (κ3) is 8.62. The maximum atomic E-state index is 15.3. The van der Waals surface area contributed by atoms with E-state index in [1.54, 1.807) is 13.1 Å². The maximum absolute atomic E-state index is 15.3. The number of nitrogens with one attached hydrogen (secondary N) is 1. The van der Waals surface area contributed by atoms with E-state index in [4.69, 9.17) is 30.5 Å². The van der Waals surface area contributed by atoms with Gasteiger partial charge in [-0.3, -0.25) is 19.0 Å². The van der Waals surface area contributed by atoms with Crippen LogP contribution in [0.3, 0.4) is 0 Å². The molecule has 2 amide bonds. The Hall–Kier alpha value is -4.08. The summed E-state index contributed by atoms with van der Waals surface area (Å²) in [5.74, 6) is 0.680. The summed E-state index contributed by atoms with van der Waals surface area (Å²) in [6.45, 7) is 4.46. The highest BCUT2D eigenvalue weighted by atomic mass is 35.5. The molecule has 9 rings (SSSR count). The van der Waals surface area contributed by atoms with Crippen molar-refractivity contribution in [2.45, 2.75) is 68.0 Å². The average Bonchev–Trinajstić information content (AvgIpc) is 3.80. The first-order valence-corrected chi connectivity index (χ1v) is 24.8. The van der Waals surface area contributed by atoms with Gasteiger partial charge in [0.1, 0.15) is 21.2 Å². The Bertz CT molecular complexity index is 2440. The highest BCUT2D eigenvalue weighted by Crippen LogP contribution is 2.49. The minimum Gasteiger partial charge on any atom is -0.490 e. The van der Waals surface area contributed by atoms with E-state index in [9.17, 15) is 9.59 Å². The number of carbonyl (C=O) groups is 2. The van der Waals surface area contributed by atoms with Gasteiger partial charge in [0.2, 0.25) is 5.88 Å². The molecular weight excluding hydrogens is 846 g/mol. The van der Waals surface area contributed by atoms with Gasteiger partial charge in [0.05, 0.1) is 44.0 Å². The van der Waals surface area contributed by atoms with Crippen LogP contribution in [0, 0.1) is 29.6 Å². The second kappa shape index (κ2) is 17.8. The second-order valence-electron chi connectivity index (χ2n) is 18.0. The number of hydrogen-bond donors (Lipinski definition) is 1. The Kier molecular flexibility index (Phi) is 12.4. The zero-order valence-corrected chi connectivity index (χ0v) is 38.2. The van der Waals surface area contributed by atoms with Crippen LogP contribution < -0.4 is 19.1 Å². The van der Waals surface area contributed by atoms with Gasteiger partial charge in [0.25, 0.3) is 11.8 Å². The molecule has 3 aliphatic heterocycles. The Labute approximate surface area is 374 Å². The number of hydrogen-bond acceptors (Lipinski definition) is 10. The van der Waals surface area contributed by atoms with Crippen LogP contribution in [0.4, 0.5) is 5.69 Å². The van der Waals surface area contributed by atoms with E-state index < -0.39 is 21.7 Å². The first-order chi connectivity index (χ1) is 29.9. The van der Waals surface area contributed by atoms with E-state index in [0.29, 0.717) is 37.3 Å². The zero-order chi connectivity index (χ0) is 43.2. The number of aromatic nitrogens is 2. The van der Waals surface area contributed by atoms with Gasteiger partial charge in [-0.15, -0.1) is 21.2 Å². The number of amides is 2.